The van der Waals surface area contributed by atoms with Crippen molar-refractivity contribution in [2.75, 3.05) is 0 Å². The van der Waals surface area contributed by atoms with Crippen LogP contribution in [0.25, 0.3) is 0 Å². The Labute approximate surface area is 226 Å². The van der Waals surface area contributed by atoms with E-state index in [0.29, 0.717) is 11.1 Å². The summed E-state index contributed by atoms with van der Waals surface area (Å²) in [5.41, 5.74) is 5.84. The third kappa shape index (κ3) is 7.50. The van der Waals surface area contributed by atoms with Gasteiger partial charge in [0.2, 0.25) is 12.2 Å². The number of hydrazine groups is 1. The molecule has 0 heterocycles. The lowest BCUT2D eigenvalue weighted by atomic mass is 10.1. The molecule has 0 unspecified atom stereocenters. The number of carboxylic acid groups (broad SMARTS) is 1. The third-order valence-electron chi connectivity index (χ3n) is 5.16. The third-order valence-corrected chi connectivity index (χ3v) is 5.69. The van der Waals surface area contributed by atoms with Gasteiger partial charge in [-0.3, -0.25) is 20.4 Å². The largest absolute Gasteiger partial charge is 0.478 e. The number of rotatable bonds is 8. The van der Waals surface area contributed by atoms with Crippen molar-refractivity contribution in [3.63, 3.8) is 0 Å². The average Bonchev–Trinajstić information content (AvgIpc) is 2.89. The zero-order valence-corrected chi connectivity index (χ0v) is 21.9. The molecule has 3 aromatic carbocycles. The van der Waals surface area contributed by atoms with Gasteiger partial charge in [0.1, 0.15) is 0 Å². The summed E-state index contributed by atoms with van der Waals surface area (Å²) in [6, 6.07) is 18.5. The van der Waals surface area contributed by atoms with Gasteiger partial charge in [-0.05, 0) is 62.4 Å². The van der Waals surface area contributed by atoms with Crippen molar-refractivity contribution >= 4 is 45.7 Å². The first kappa shape index (κ1) is 28.1. The maximum Gasteiger partial charge on any atom is 0.349 e. The Kier molecular flexibility index (Phi) is 9.33. The van der Waals surface area contributed by atoms with Gasteiger partial charge in [0.25, 0.3) is 11.8 Å². The van der Waals surface area contributed by atoms with E-state index < -0.39 is 41.9 Å². The molecular weight excluding hydrogens is 560 g/mol. The minimum absolute atomic E-state index is 0.0314. The fraction of sp³-hybridized carbons (Fsp3) is 0.148. The van der Waals surface area contributed by atoms with Crippen LogP contribution in [0.15, 0.2) is 77.3 Å². The lowest BCUT2D eigenvalue weighted by molar-refractivity contribution is -0.159. The molecule has 196 valence electrons. The summed E-state index contributed by atoms with van der Waals surface area (Å²) in [5.74, 6) is -5.79. The molecule has 2 atom stereocenters. The van der Waals surface area contributed by atoms with Gasteiger partial charge >= 0.3 is 17.9 Å². The highest BCUT2D eigenvalue weighted by atomic mass is 79.9. The fourth-order valence-electron chi connectivity index (χ4n) is 3.27. The molecule has 0 radical (unpaired) electrons. The van der Waals surface area contributed by atoms with Crippen LogP contribution < -0.4 is 10.9 Å². The standard InChI is InChI=1S/C27H23BrN2O8/c1-15-5-3-7-18(13-15)26(35)37-21(24(32)30-29-23(31)17-9-11-20(28)12-10-17)22(25(33)34)38-27(36)19-8-4-6-16(2)14-19/h3-14,21-22H,1-2H3,(H,29,31)(H,30,32)(H,33,34)/t21-,22-/m1/s1. The molecule has 0 saturated carbocycles. The van der Waals surface area contributed by atoms with E-state index >= 15 is 0 Å². The summed E-state index contributed by atoms with van der Waals surface area (Å²) >= 11 is 3.25. The Morgan fingerprint density at radius 3 is 1.68 bits per heavy atom. The molecule has 0 bridgehead atoms. The molecule has 3 aromatic rings. The number of ether oxygens (including phenoxy) is 2. The van der Waals surface area contributed by atoms with Crippen molar-refractivity contribution in [2.45, 2.75) is 26.1 Å². The number of halogens is 1. The van der Waals surface area contributed by atoms with E-state index in [1.54, 1.807) is 50.2 Å². The fourth-order valence-corrected chi connectivity index (χ4v) is 3.53. The van der Waals surface area contributed by atoms with E-state index in [9.17, 15) is 29.1 Å². The van der Waals surface area contributed by atoms with Crippen molar-refractivity contribution in [1.29, 1.82) is 0 Å². The lowest BCUT2D eigenvalue weighted by Gasteiger charge is -2.23. The smallest absolute Gasteiger partial charge is 0.349 e. The molecule has 38 heavy (non-hydrogen) atoms. The number of benzene rings is 3. The van der Waals surface area contributed by atoms with Crippen LogP contribution >= 0.6 is 15.9 Å². The normalized spacial score (nSPS) is 12.0. The summed E-state index contributed by atoms with van der Waals surface area (Å²) < 4.78 is 11.1. The number of hydrogen-bond acceptors (Lipinski definition) is 7. The molecule has 10 nitrogen and oxygen atoms in total. The molecule has 2 amide bonds. The van der Waals surface area contributed by atoms with Crippen molar-refractivity contribution in [1.82, 2.24) is 10.9 Å². The lowest BCUT2D eigenvalue weighted by Crippen LogP contribution is -2.54. The van der Waals surface area contributed by atoms with Gasteiger partial charge in [0, 0.05) is 10.0 Å². The van der Waals surface area contributed by atoms with Crippen molar-refractivity contribution < 1.29 is 38.6 Å². The zero-order chi connectivity index (χ0) is 27.8. The highest BCUT2D eigenvalue weighted by Gasteiger charge is 2.41. The number of esters is 2. The number of amides is 2. The van der Waals surface area contributed by atoms with Gasteiger partial charge in [-0.2, -0.15) is 0 Å². The molecule has 3 N–H and O–H groups in total. The van der Waals surface area contributed by atoms with E-state index in [-0.39, 0.29) is 16.7 Å². The second kappa shape index (κ2) is 12.6. The van der Waals surface area contributed by atoms with E-state index in [2.05, 4.69) is 21.4 Å². The molecule has 0 fully saturated rings. The predicted molar refractivity (Wildman–Crippen MR) is 138 cm³/mol. The van der Waals surface area contributed by atoms with Crippen LogP contribution in [0.2, 0.25) is 0 Å². The predicted octanol–water partition coefficient (Wildman–Crippen LogP) is 3.36. The summed E-state index contributed by atoms with van der Waals surface area (Å²) in [7, 11) is 0. The molecule has 0 saturated heterocycles. The monoisotopic (exact) mass is 582 g/mol. The van der Waals surface area contributed by atoms with Gasteiger partial charge in [0.05, 0.1) is 11.1 Å². The number of carbonyl (C=O) groups is 5. The molecule has 0 aromatic heterocycles. The number of aliphatic carboxylic acids is 1. The van der Waals surface area contributed by atoms with Gasteiger partial charge in [-0.1, -0.05) is 51.3 Å². The first-order valence-corrected chi connectivity index (χ1v) is 12.0. The van der Waals surface area contributed by atoms with Crippen LogP contribution in [0.3, 0.4) is 0 Å². The van der Waals surface area contributed by atoms with Crippen molar-refractivity contribution in [2.24, 2.45) is 0 Å². The van der Waals surface area contributed by atoms with Crippen molar-refractivity contribution in [3.05, 3.63) is 105 Å². The number of hydrogen-bond donors (Lipinski definition) is 3. The van der Waals surface area contributed by atoms with E-state index in [1.807, 2.05) is 5.43 Å². The molecule has 0 spiro atoms. The second-order valence-corrected chi connectivity index (χ2v) is 9.09. The SMILES string of the molecule is Cc1cccc(C(=O)O[C@@H](C(=O)O)[C@@H](OC(=O)c2cccc(C)c2)C(=O)NNC(=O)c2ccc(Br)cc2)c1. The second-order valence-electron chi connectivity index (χ2n) is 8.18. The van der Waals surface area contributed by atoms with Crippen LogP contribution in [0.5, 0.6) is 0 Å². The van der Waals surface area contributed by atoms with Crippen LogP contribution in [0.1, 0.15) is 42.2 Å². The van der Waals surface area contributed by atoms with Crippen molar-refractivity contribution in [3.8, 4) is 0 Å². The maximum atomic E-state index is 13.0. The Morgan fingerprint density at radius 2 is 1.21 bits per heavy atom. The van der Waals surface area contributed by atoms with Crippen LogP contribution in [0.4, 0.5) is 0 Å². The number of carboxylic acids is 1. The Morgan fingerprint density at radius 1 is 0.711 bits per heavy atom. The van der Waals surface area contributed by atoms with Gasteiger partial charge in [0.15, 0.2) is 0 Å². The average molecular weight is 583 g/mol. The Bertz CT molecular complexity index is 1370. The molecule has 0 aliphatic heterocycles. The number of carbonyl (C=O) groups excluding carboxylic acids is 4. The summed E-state index contributed by atoms with van der Waals surface area (Å²) in [6.07, 6.45) is -4.39. The molecular formula is C27H23BrN2O8. The minimum atomic E-state index is -2.23. The van der Waals surface area contributed by atoms with Crippen LogP contribution in [-0.4, -0.2) is 47.0 Å². The van der Waals surface area contributed by atoms with Gasteiger partial charge < -0.3 is 14.6 Å². The maximum absolute atomic E-state index is 13.0. The first-order chi connectivity index (χ1) is 18.0. The highest BCUT2D eigenvalue weighted by Crippen LogP contribution is 2.15. The Hall–Kier alpha value is -4.51. The van der Waals surface area contributed by atoms with E-state index in [1.165, 1.54) is 36.4 Å². The van der Waals surface area contributed by atoms with E-state index in [0.717, 1.165) is 4.47 Å². The number of aryl methyl sites for hydroxylation is 2. The molecule has 0 aliphatic rings. The first-order valence-electron chi connectivity index (χ1n) is 11.2. The summed E-state index contributed by atoms with van der Waals surface area (Å²) in [5, 5.41) is 9.81. The molecule has 11 heteroatoms. The molecule has 0 aliphatic carbocycles. The minimum Gasteiger partial charge on any atom is -0.478 e. The summed E-state index contributed by atoms with van der Waals surface area (Å²) in [6.45, 7) is 3.45. The van der Waals surface area contributed by atoms with E-state index in [4.69, 9.17) is 9.47 Å². The Balaban J connectivity index is 1.85. The molecule has 3 rings (SSSR count). The topological polar surface area (TPSA) is 148 Å². The summed E-state index contributed by atoms with van der Waals surface area (Å²) in [4.78, 5) is 63.0. The van der Waals surface area contributed by atoms with Gasteiger partial charge in [-0.25, -0.2) is 14.4 Å². The quantitative estimate of drug-likeness (QED) is 0.270. The number of nitrogens with one attached hydrogen (secondary N) is 2. The van der Waals surface area contributed by atoms with Crippen LogP contribution in [0, 0.1) is 13.8 Å². The van der Waals surface area contributed by atoms with Crippen LogP contribution in [-0.2, 0) is 19.1 Å². The zero-order valence-electron chi connectivity index (χ0n) is 20.3. The van der Waals surface area contributed by atoms with Gasteiger partial charge in [-0.15, -0.1) is 0 Å². The highest BCUT2D eigenvalue weighted by molar-refractivity contribution is 9.10.